The number of nitrogens with one attached hydrogen (secondary N) is 2. The number of carbonyl (C=O) groups is 1. The standard InChI is InChI=1S/C27H27N3O9/c1-33-17-11-18(34-2)23-19(12-17)39-25(15-9-20(35-3)26(37-5)21(10-15)36-4)27(24(23)32)38-14-22(31)30-29-13-16-7-6-8-28-16/h6-13,28H,14H2,1-5H3,(H,30,31)/b29-13+. The van der Waals surface area contributed by atoms with Crippen LogP contribution < -0.4 is 39.3 Å². The molecule has 1 amide bonds. The molecule has 0 aliphatic carbocycles. The molecular weight excluding hydrogens is 510 g/mol. The summed E-state index contributed by atoms with van der Waals surface area (Å²) in [6, 6.07) is 9.85. The predicted molar refractivity (Wildman–Crippen MR) is 143 cm³/mol. The molecule has 0 aliphatic rings. The zero-order chi connectivity index (χ0) is 27.9. The van der Waals surface area contributed by atoms with Crippen LogP contribution in [0.25, 0.3) is 22.3 Å². The number of methoxy groups -OCH3 is 5. The molecule has 0 saturated heterocycles. The summed E-state index contributed by atoms with van der Waals surface area (Å²) >= 11 is 0. The molecule has 0 fully saturated rings. The summed E-state index contributed by atoms with van der Waals surface area (Å²) in [6.45, 7) is -0.534. The normalized spacial score (nSPS) is 10.9. The second kappa shape index (κ2) is 11.9. The van der Waals surface area contributed by atoms with E-state index >= 15 is 0 Å². The molecule has 0 unspecified atom stereocenters. The van der Waals surface area contributed by atoms with Gasteiger partial charge in [-0.15, -0.1) is 0 Å². The molecule has 39 heavy (non-hydrogen) atoms. The van der Waals surface area contributed by atoms with Crippen LogP contribution in [0, 0.1) is 0 Å². The van der Waals surface area contributed by atoms with E-state index in [1.807, 2.05) is 0 Å². The monoisotopic (exact) mass is 537 g/mol. The number of hydrogen-bond acceptors (Lipinski definition) is 10. The first-order chi connectivity index (χ1) is 18.9. The number of H-pyrrole nitrogens is 1. The van der Waals surface area contributed by atoms with Crippen molar-refractivity contribution >= 4 is 23.1 Å². The SMILES string of the molecule is COc1cc(OC)c2c(=O)c(OCC(=O)N/N=C/c3ccc[nH]3)c(-c3cc(OC)c(OC)c(OC)c3)oc2c1. The van der Waals surface area contributed by atoms with Gasteiger partial charge in [0.15, 0.2) is 23.9 Å². The Bertz CT molecular complexity index is 1530. The van der Waals surface area contributed by atoms with Crippen LogP contribution in [0.15, 0.2) is 56.9 Å². The van der Waals surface area contributed by atoms with Crippen LogP contribution >= 0.6 is 0 Å². The van der Waals surface area contributed by atoms with Gasteiger partial charge < -0.3 is 37.8 Å². The van der Waals surface area contributed by atoms with Crippen molar-refractivity contribution in [2.24, 2.45) is 5.10 Å². The lowest BCUT2D eigenvalue weighted by Gasteiger charge is -2.16. The Hall–Kier alpha value is -5.13. The van der Waals surface area contributed by atoms with Gasteiger partial charge in [-0.2, -0.15) is 5.10 Å². The third kappa shape index (κ3) is 5.59. The highest BCUT2D eigenvalue weighted by Gasteiger charge is 2.24. The lowest BCUT2D eigenvalue weighted by Crippen LogP contribution is -2.26. The molecular formula is C27H27N3O9. The Kier molecular flexibility index (Phi) is 8.24. The number of aromatic nitrogens is 1. The fourth-order valence-corrected chi connectivity index (χ4v) is 3.82. The highest BCUT2D eigenvalue weighted by molar-refractivity contribution is 5.89. The van der Waals surface area contributed by atoms with E-state index in [0.717, 1.165) is 0 Å². The Morgan fingerprint density at radius 2 is 1.67 bits per heavy atom. The number of amides is 1. The smallest absolute Gasteiger partial charge is 0.277 e. The van der Waals surface area contributed by atoms with Gasteiger partial charge in [-0.1, -0.05) is 0 Å². The van der Waals surface area contributed by atoms with Crippen LogP contribution in [0.4, 0.5) is 0 Å². The quantitative estimate of drug-likeness (QED) is 0.217. The Morgan fingerprint density at radius 3 is 2.26 bits per heavy atom. The fraction of sp³-hybridized carbons (Fsp3) is 0.222. The van der Waals surface area contributed by atoms with Crippen LogP contribution in [-0.4, -0.2) is 59.3 Å². The first kappa shape index (κ1) is 26.9. The zero-order valence-electron chi connectivity index (χ0n) is 21.9. The molecule has 12 heteroatoms. The van der Waals surface area contributed by atoms with Crippen LogP contribution in [0.2, 0.25) is 0 Å². The van der Waals surface area contributed by atoms with Gasteiger partial charge in [0.1, 0.15) is 22.5 Å². The van der Waals surface area contributed by atoms with Crippen molar-refractivity contribution in [3.8, 4) is 45.8 Å². The minimum Gasteiger partial charge on any atom is -0.496 e. The summed E-state index contributed by atoms with van der Waals surface area (Å²) in [5, 5.41) is 3.98. The van der Waals surface area contributed by atoms with Gasteiger partial charge >= 0.3 is 0 Å². The molecule has 4 aromatic rings. The van der Waals surface area contributed by atoms with Crippen molar-refractivity contribution in [1.82, 2.24) is 10.4 Å². The number of aromatic amines is 1. The van der Waals surface area contributed by atoms with E-state index in [4.69, 9.17) is 32.8 Å². The minimum absolute atomic E-state index is 0.0183. The number of rotatable bonds is 11. The van der Waals surface area contributed by atoms with E-state index < -0.39 is 17.9 Å². The number of carbonyl (C=O) groups excluding carboxylic acids is 1. The highest BCUT2D eigenvalue weighted by Crippen LogP contribution is 2.44. The Labute approximate surface area is 223 Å². The van der Waals surface area contributed by atoms with Crippen LogP contribution in [0.5, 0.6) is 34.5 Å². The second-order valence-electron chi connectivity index (χ2n) is 7.91. The molecule has 2 aromatic heterocycles. The number of nitrogens with zero attached hydrogens (tertiary/aromatic N) is 1. The lowest BCUT2D eigenvalue weighted by molar-refractivity contribution is -0.123. The average molecular weight is 538 g/mol. The van der Waals surface area contributed by atoms with Gasteiger partial charge in [-0.3, -0.25) is 9.59 Å². The number of fused-ring (bicyclic) bond motifs is 1. The number of hydrogen-bond donors (Lipinski definition) is 2. The molecule has 2 N–H and O–H groups in total. The van der Waals surface area contributed by atoms with E-state index in [9.17, 15) is 9.59 Å². The van der Waals surface area contributed by atoms with E-state index in [-0.39, 0.29) is 28.2 Å². The van der Waals surface area contributed by atoms with Crippen molar-refractivity contribution in [3.63, 3.8) is 0 Å². The molecule has 0 radical (unpaired) electrons. The van der Waals surface area contributed by atoms with Crippen LogP contribution in [0.1, 0.15) is 5.69 Å². The summed E-state index contributed by atoms with van der Waals surface area (Å²) in [6.07, 6.45) is 3.15. The lowest BCUT2D eigenvalue weighted by atomic mass is 10.1. The maximum absolute atomic E-state index is 13.8. The van der Waals surface area contributed by atoms with Gasteiger partial charge in [0.2, 0.25) is 16.9 Å². The average Bonchev–Trinajstić information content (AvgIpc) is 3.48. The molecule has 2 aromatic carbocycles. The van der Waals surface area contributed by atoms with E-state index in [1.54, 1.807) is 42.6 Å². The summed E-state index contributed by atoms with van der Waals surface area (Å²) in [5.41, 5.74) is 3.02. The highest BCUT2D eigenvalue weighted by atomic mass is 16.5. The number of hydrazone groups is 1. The predicted octanol–water partition coefficient (Wildman–Crippen LogP) is 3.36. The molecule has 2 heterocycles. The third-order valence-electron chi connectivity index (χ3n) is 5.64. The summed E-state index contributed by atoms with van der Waals surface area (Å²) < 4.78 is 39.0. The maximum Gasteiger partial charge on any atom is 0.277 e. The summed E-state index contributed by atoms with van der Waals surface area (Å²) in [4.78, 5) is 29.2. The third-order valence-corrected chi connectivity index (χ3v) is 5.64. The van der Waals surface area contributed by atoms with Gasteiger partial charge in [0.25, 0.3) is 5.91 Å². The molecule has 0 aliphatic heterocycles. The topological polar surface area (TPSA) is 143 Å². The molecule has 204 valence electrons. The molecule has 0 spiro atoms. The first-order valence-corrected chi connectivity index (χ1v) is 11.5. The Morgan fingerprint density at radius 1 is 0.949 bits per heavy atom. The number of ether oxygens (including phenoxy) is 6. The van der Waals surface area contributed by atoms with Crippen molar-refractivity contribution in [2.75, 3.05) is 42.2 Å². The van der Waals surface area contributed by atoms with Gasteiger partial charge in [-0.25, -0.2) is 5.43 Å². The summed E-state index contributed by atoms with van der Waals surface area (Å²) in [7, 11) is 7.29. The molecule has 0 atom stereocenters. The zero-order valence-corrected chi connectivity index (χ0v) is 21.9. The van der Waals surface area contributed by atoms with E-state index in [0.29, 0.717) is 34.3 Å². The van der Waals surface area contributed by atoms with Gasteiger partial charge in [0.05, 0.1) is 47.5 Å². The van der Waals surface area contributed by atoms with Gasteiger partial charge in [0, 0.05) is 23.9 Å². The minimum atomic E-state index is -0.602. The van der Waals surface area contributed by atoms with Crippen LogP contribution in [-0.2, 0) is 4.79 Å². The van der Waals surface area contributed by atoms with Crippen molar-refractivity contribution in [3.05, 3.63) is 58.5 Å². The largest absolute Gasteiger partial charge is 0.496 e. The van der Waals surface area contributed by atoms with Gasteiger partial charge in [-0.05, 0) is 24.3 Å². The fourth-order valence-electron chi connectivity index (χ4n) is 3.82. The second-order valence-corrected chi connectivity index (χ2v) is 7.91. The summed E-state index contributed by atoms with van der Waals surface area (Å²) in [5.74, 6) is 0.784. The first-order valence-electron chi connectivity index (χ1n) is 11.5. The van der Waals surface area contributed by atoms with Crippen molar-refractivity contribution in [2.45, 2.75) is 0 Å². The molecule has 0 bridgehead atoms. The van der Waals surface area contributed by atoms with Crippen molar-refractivity contribution < 1.29 is 37.6 Å². The maximum atomic E-state index is 13.8. The van der Waals surface area contributed by atoms with Crippen molar-refractivity contribution in [1.29, 1.82) is 0 Å². The molecule has 12 nitrogen and oxygen atoms in total. The van der Waals surface area contributed by atoms with E-state index in [2.05, 4.69) is 15.5 Å². The van der Waals surface area contributed by atoms with Crippen LogP contribution in [0.3, 0.4) is 0 Å². The molecule has 0 saturated carbocycles. The van der Waals surface area contributed by atoms with E-state index in [1.165, 1.54) is 41.8 Å². The molecule has 4 rings (SSSR count). The Balaban J connectivity index is 1.82. The number of benzene rings is 2.